The number of rotatable bonds is 6. The molecule has 1 unspecified atom stereocenters. The minimum Gasteiger partial charge on any atom is -0.395 e. The summed E-state index contributed by atoms with van der Waals surface area (Å²) in [7, 11) is 2.17. The highest BCUT2D eigenvalue weighted by molar-refractivity contribution is 5.36. The molecule has 1 aromatic rings. The smallest absolute Gasteiger partial charge is 0.0540 e. The van der Waals surface area contributed by atoms with E-state index in [2.05, 4.69) is 61.9 Å². The molecule has 1 aromatic carbocycles. The van der Waals surface area contributed by atoms with E-state index < -0.39 is 0 Å². The fourth-order valence-electron chi connectivity index (χ4n) is 1.95. The molecule has 0 spiro atoms. The van der Waals surface area contributed by atoms with Gasteiger partial charge in [0.05, 0.1) is 6.61 Å². The van der Waals surface area contributed by atoms with Crippen molar-refractivity contribution < 1.29 is 5.11 Å². The molecule has 1 rings (SSSR count). The van der Waals surface area contributed by atoms with Crippen LogP contribution in [0.3, 0.4) is 0 Å². The number of hydrogen-bond acceptors (Lipinski definition) is 2. The van der Waals surface area contributed by atoms with Crippen molar-refractivity contribution in [3.63, 3.8) is 0 Å². The molecule has 0 bridgehead atoms. The Morgan fingerprint density at radius 2 is 1.95 bits per heavy atom. The molecule has 0 saturated carbocycles. The quantitative estimate of drug-likeness (QED) is 0.794. The summed E-state index contributed by atoms with van der Waals surface area (Å²) in [5, 5.41) is 8.67. The Morgan fingerprint density at radius 3 is 2.53 bits per heavy atom. The number of hydrogen-bond donors (Lipinski definition) is 1. The van der Waals surface area contributed by atoms with Crippen LogP contribution in [-0.2, 0) is 6.54 Å². The van der Waals surface area contributed by atoms with E-state index in [1.807, 2.05) is 0 Å². The van der Waals surface area contributed by atoms with Gasteiger partial charge < -0.3 is 10.0 Å². The topological polar surface area (TPSA) is 23.5 Å². The Balaban J connectivity index is 2.50. The molecule has 0 saturated heterocycles. The molecule has 0 fully saturated rings. The van der Waals surface area contributed by atoms with Crippen LogP contribution in [0.2, 0.25) is 0 Å². The van der Waals surface area contributed by atoms with Crippen LogP contribution in [0.5, 0.6) is 0 Å². The van der Waals surface area contributed by atoms with Gasteiger partial charge in [-0.25, -0.2) is 0 Å². The Bertz CT molecular complexity index is 413. The molecule has 0 aliphatic rings. The lowest BCUT2D eigenvalue weighted by Gasteiger charge is -2.20. The Labute approximate surface area is 117 Å². The van der Waals surface area contributed by atoms with Crippen LogP contribution in [0.4, 0.5) is 0 Å². The summed E-state index contributed by atoms with van der Waals surface area (Å²) in [4.78, 5) is 2.36. The van der Waals surface area contributed by atoms with Crippen LogP contribution in [0.25, 0.3) is 0 Å². The lowest BCUT2D eigenvalue weighted by Crippen LogP contribution is -2.23. The van der Waals surface area contributed by atoms with Crippen LogP contribution in [0.15, 0.2) is 24.3 Å². The summed E-state index contributed by atoms with van der Waals surface area (Å²) in [5.41, 5.74) is 2.33. The van der Waals surface area contributed by atoms with Crippen LogP contribution in [0.1, 0.15) is 37.8 Å². The first kappa shape index (κ1) is 15.8. The third-order valence-electron chi connectivity index (χ3n) is 3.20. The first-order valence-electron chi connectivity index (χ1n) is 7.03. The number of aliphatic hydroxyl groups excluding tert-OH is 1. The summed E-state index contributed by atoms with van der Waals surface area (Å²) in [5.74, 6) is 6.72. The lowest BCUT2D eigenvalue weighted by molar-refractivity contribution is 0.275. The van der Waals surface area contributed by atoms with Gasteiger partial charge in [0.25, 0.3) is 0 Å². The van der Waals surface area contributed by atoms with Crippen molar-refractivity contribution in [2.75, 3.05) is 20.2 Å². The highest BCUT2D eigenvalue weighted by atomic mass is 16.2. The molecule has 0 aromatic heterocycles. The summed E-state index contributed by atoms with van der Waals surface area (Å²) in [6.07, 6.45) is 1.77. The minimum atomic E-state index is 0.130. The normalized spacial score (nSPS) is 12.1. The second-order valence-electron chi connectivity index (χ2n) is 5.18. The predicted molar refractivity (Wildman–Crippen MR) is 80.8 cm³/mol. The van der Waals surface area contributed by atoms with Crippen LogP contribution < -0.4 is 0 Å². The van der Waals surface area contributed by atoms with Gasteiger partial charge in [-0.15, -0.1) is 0 Å². The van der Waals surface area contributed by atoms with Crippen molar-refractivity contribution in [3.8, 4) is 11.8 Å². The molecule has 1 N–H and O–H groups in total. The molecule has 2 nitrogen and oxygen atoms in total. The average Bonchev–Trinajstić information content (AvgIpc) is 2.40. The van der Waals surface area contributed by atoms with Crippen molar-refractivity contribution in [3.05, 3.63) is 35.4 Å². The largest absolute Gasteiger partial charge is 0.395 e. The Kier molecular flexibility index (Phi) is 7.25. The average molecular weight is 259 g/mol. The van der Waals surface area contributed by atoms with Crippen molar-refractivity contribution in [2.24, 2.45) is 5.92 Å². The molecule has 0 amide bonds. The van der Waals surface area contributed by atoms with E-state index in [9.17, 15) is 0 Å². The van der Waals surface area contributed by atoms with Crippen LogP contribution >= 0.6 is 0 Å². The molecule has 2 heteroatoms. The monoisotopic (exact) mass is 259 g/mol. The van der Waals surface area contributed by atoms with Gasteiger partial charge in [-0.1, -0.05) is 44.2 Å². The summed E-state index contributed by atoms with van der Waals surface area (Å²) < 4.78 is 0. The maximum absolute atomic E-state index is 8.67. The van der Waals surface area contributed by atoms with E-state index in [0.717, 1.165) is 24.6 Å². The molecule has 0 radical (unpaired) electrons. The fourth-order valence-corrected chi connectivity index (χ4v) is 1.95. The zero-order chi connectivity index (χ0) is 14.1. The summed E-state index contributed by atoms with van der Waals surface area (Å²) in [6.45, 7) is 6.77. The van der Waals surface area contributed by atoms with Gasteiger partial charge in [0.15, 0.2) is 0 Å². The predicted octanol–water partition coefficient (Wildman–Crippen LogP) is 2.90. The second kappa shape index (κ2) is 8.74. The zero-order valence-electron chi connectivity index (χ0n) is 12.3. The van der Waals surface area contributed by atoms with Crippen molar-refractivity contribution in [1.82, 2.24) is 4.90 Å². The van der Waals surface area contributed by atoms with Gasteiger partial charge >= 0.3 is 0 Å². The van der Waals surface area contributed by atoms with Gasteiger partial charge in [-0.3, -0.25) is 0 Å². The number of aliphatic hydroxyl groups is 1. The van der Waals surface area contributed by atoms with Gasteiger partial charge in [-0.05, 0) is 30.7 Å². The minimum absolute atomic E-state index is 0.130. The molecule has 1 atom stereocenters. The van der Waals surface area contributed by atoms with E-state index in [-0.39, 0.29) is 6.61 Å². The van der Waals surface area contributed by atoms with E-state index in [4.69, 9.17) is 5.11 Å². The molecule has 0 aliphatic heterocycles. The number of benzene rings is 1. The first-order valence-corrected chi connectivity index (χ1v) is 7.03. The van der Waals surface area contributed by atoms with Crippen molar-refractivity contribution >= 4 is 0 Å². The van der Waals surface area contributed by atoms with E-state index in [1.54, 1.807) is 0 Å². The Hall–Kier alpha value is -1.30. The standard InChI is InChI=1S/C17H25NO/c1-4-15(2)13-18(3)14-17-10-8-16(9-11-17)7-5-6-12-19/h8-11,15,19H,4,6,12-14H2,1-3H3. The van der Waals surface area contributed by atoms with Gasteiger partial charge in [0.1, 0.15) is 0 Å². The maximum atomic E-state index is 8.67. The highest BCUT2D eigenvalue weighted by Gasteiger charge is 2.04. The lowest BCUT2D eigenvalue weighted by atomic mass is 10.1. The molecule has 0 aliphatic carbocycles. The fraction of sp³-hybridized carbons (Fsp3) is 0.529. The Morgan fingerprint density at radius 1 is 1.26 bits per heavy atom. The molecular formula is C17H25NO. The van der Waals surface area contributed by atoms with Gasteiger partial charge in [-0.2, -0.15) is 0 Å². The maximum Gasteiger partial charge on any atom is 0.0540 e. The van der Waals surface area contributed by atoms with E-state index >= 15 is 0 Å². The molecule has 0 heterocycles. The SMILES string of the molecule is CCC(C)CN(C)Cc1ccc(C#CCCO)cc1. The van der Waals surface area contributed by atoms with Crippen LogP contribution in [0, 0.1) is 17.8 Å². The molecule has 104 valence electrons. The third kappa shape index (κ3) is 6.42. The van der Waals surface area contributed by atoms with Crippen LogP contribution in [-0.4, -0.2) is 30.2 Å². The van der Waals surface area contributed by atoms with Crippen molar-refractivity contribution in [1.29, 1.82) is 0 Å². The molecular weight excluding hydrogens is 234 g/mol. The first-order chi connectivity index (χ1) is 9.15. The van der Waals surface area contributed by atoms with E-state index in [1.165, 1.54) is 12.0 Å². The summed E-state index contributed by atoms with van der Waals surface area (Å²) in [6, 6.07) is 8.37. The molecule has 19 heavy (non-hydrogen) atoms. The third-order valence-corrected chi connectivity index (χ3v) is 3.20. The second-order valence-corrected chi connectivity index (χ2v) is 5.18. The van der Waals surface area contributed by atoms with Crippen molar-refractivity contribution in [2.45, 2.75) is 33.2 Å². The number of nitrogens with zero attached hydrogens (tertiary/aromatic N) is 1. The highest BCUT2D eigenvalue weighted by Crippen LogP contribution is 2.09. The van der Waals surface area contributed by atoms with Gasteiger partial charge in [0, 0.05) is 25.1 Å². The van der Waals surface area contributed by atoms with Gasteiger partial charge in [0.2, 0.25) is 0 Å². The zero-order valence-corrected chi connectivity index (χ0v) is 12.3. The summed E-state index contributed by atoms with van der Waals surface area (Å²) >= 11 is 0. The van der Waals surface area contributed by atoms with E-state index in [0.29, 0.717) is 6.42 Å².